The summed E-state index contributed by atoms with van der Waals surface area (Å²) in [7, 11) is -3.61. The average Bonchev–Trinajstić information content (AvgIpc) is 3.14. The zero-order chi connectivity index (χ0) is 20.7. The average molecular weight is 408 g/mol. The van der Waals surface area contributed by atoms with Crippen molar-refractivity contribution in [1.82, 2.24) is 0 Å². The second-order valence-corrected chi connectivity index (χ2v) is 9.04. The molecule has 1 heterocycles. The van der Waals surface area contributed by atoms with E-state index in [1.807, 2.05) is 0 Å². The molecule has 6 nitrogen and oxygen atoms in total. The summed E-state index contributed by atoms with van der Waals surface area (Å²) in [4.78, 5) is 13.9. The first-order valence-electron chi connectivity index (χ1n) is 9.64. The molecular formula is C21H29NO5S. The van der Waals surface area contributed by atoms with Crippen molar-refractivity contribution in [1.29, 1.82) is 0 Å². The Balaban J connectivity index is 2.69. The molecule has 28 heavy (non-hydrogen) atoms. The maximum atomic E-state index is 12.5. The van der Waals surface area contributed by atoms with Gasteiger partial charge in [0.2, 0.25) is 0 Å². The summed E-state index contributed by atoms with van der Waals surface area (Å²) in [6.07, 6.45) is 8.51. The quantitative estimate of drug-likeness (QED) is 0.595. The van der Waals surface area contributed by atoms with Gasteiger partial charge >= 0.3 is 5.97 Å². The Hall–Kier alpha value is -2.28. The molecule has 0 saturated carbocycles. The fourth-order valence-corrected chi connectivity index (χ4v) is 4.16. The van der Waals surface area contributed by atoms with Crippen molar-refractivity contribution in [2.24, 2.45) is 0 Å². The minimum Gasteiger partial charge on any atom is -0.478 e. The summed E-state index contributed by atoms with van der Waals surface area (Å²) in [6, 6.07) is 4.68. The summed E-state index contributed by atoms with van der Waals surface area (Å²) in [5.41, 5.74) is 2.15. The molecule has 0 aliphatic heterocycles. The third-order valence-electron chi connectivity index (χ3n) is 4.70. The number of benzene rings is 1. The highest BCUT2D eigenvalue weighted by Crippen LogP contribution is 2.32. The first-order valence-corrected chi connectivity index (χ1v) is 11.5. The molecule has 1 aromatic heterocycles. The van der Waals surface area contributed by atoms with E-state index in [1.165, 1.54) is 6.07 Å². The lowest BCUT2D eigenvalue weighted by Gasteiger charge is -2.28. The number of furan rings is 1. The van der Waals surface area contributed by atoms with Crippen LogP contribution in [-0.2, 0) is 16.3 Å². The second-order valence-electron chi connectivity index (χ2n) is 7.05. The molecule has 2 aromatic rings. The maximum Gasteiger partial charge on any atom is 0.335 e. The Morgan fingerprint density at radius 3 is 2.25 bits per heavy atom. The van der Waals surface area contributed by atoms with Gasteiger partial charge in [0.15, 0.2) is 9.84 Å². The van der Waals surface area contributed by atoms with Crippen LogP contribution in [-0.4, -0.2) is 38.8 Å². The van der Waals surface area contributed by atoms with Gasteiger partial charge in [-0.1, -0.05) is 26.7 Å². The molecule has 1 N–H and O–H groups in total. The van der Waals surface area contributed by atoms with Crippen LogP contribution in [0.4, 0.5) is 5.69 Å². The molecule has 154 valence electrons. The monoisotopic (exact) mass is 407 g/mol. The molecule has 0 saturated heterocycles. The molecule has 2 rings (SSSR count). The number of aromatic carboxylic acids is 1. The summed E-state index contributed by atoms with van der Waals surface area (Å²) in [5, 5.41) is 9.55. The van der Waals surface area contributed by atoms with Gasteiger partial charge in [0.05, 0.1) is 23.0 Å². The number of nitrogens with zero attached hydrogens (tertiary/aromatic N) is 1. The summed E-state index contributed by atoms with van der Waals surface area (Å²) in [5.74, 6) is -1.13. The van der Waals surface area contributed by atoms with Gasteiger partial charge in [-0.15, -0.1) is 0 Å². The van der Waals surface area contributed by atoms with Crippen molar-refractivity contribution in [2.45, 2.75) is 50.8 Å². The van der Waals surface area contributed by atoms with Crippen LogP contribution in [0.1, 0.15) is 61.0 Å². The molecular weight excluding hydrogens is 378 g/mol. The summed E-state index contributed by atoms with van der Waals surface area (Å²) >= 11 is 0. The van der Waals surface area contributed by atoms with Crippen LogP contribution in [0.15, 0.2) is 40.0 Å². The largest absolute Gasteiger partial charge is 0.478 e. The third-order valence-corrected chi connectivity index (χ3v) is 5.86. The van der Waals surface area contributed by atoms with E-state index in [2.05, 4.69) is 18.7 Å². The molecule has 0 atom stereocenters. The lowest BCUT2D eigenvalue weighted by molar-refractivity contribution is 0.0696. The molecule has 0 bridgehead atoms. The van der Waals surface area contributed by atoms with E-state index in [-0.39, 0.29) is 10.5 Å². The molecule has 0 amide bonds. The van der Waals surface area contributed by atoms with E-state index in [4.69, 9.17) is 4.42 Å². The fraction of sp³-hybridized carbons (Fsp3) is 0.476. The minimum atomic E-state index is -3.61. The van der Waals surface area contributed by atoms with E-state index >= 15 is 0 Å². The van der Waals surface area contributed by atoms with Gasteiger partial charge in [-0.3, -0.25) is 0 Å². The standard InChI is InChI=1S/C21H29NO5S/c1-4-6-9-22(10-7-5-2)19-13-17(21(23)24)14-20(28(3,25)26)18(19)12-16-8-11-27-15-16/h8,11,13-15H,4-7,9-10,12H2,1-3H3,(H,23,24). The summed E-state index contributed by atoms with van der Waals surface area (Å²) < 4.78 is 30.2. The first kappa shape index (κ1) is 22.0. The van der Waals surface area contributed by atoms with Gasteiger partial charge in [0.1, 0.15) is 0 Å². The fourth-order valence-electron chi connectivity index (χ4n) is 3.19. The van der Waals surface area contributed by atoms with Crippen molar-refractivity contribution >= 4 is 21.5 Å². The highest BCUT2D eigenvalue weighted by molar-refractivity contribution is 7.90. The van der Waals surface area contributed by atoms with Crippen LogP contribution in [0.3, 0.4) is 0 Å². The van der Waals surface area contributed by atoms with Crippen molar-refractivity contribution in [2.75, 3.05) is 24.2 Å². The number of carbonyl (C=O) groups is 1. The molecule has 7 heteroatoms. The van der Waals surface area contributed by atoms with Gasteiger partial charge in [0, 0.05) is 31.5 Å². The minimum absolute atomic E-state index is 0.00985. The Kier molecular flexibility index (Phi) is 7.69. The number of unbranched alkanes of at least 4 members (excludes halogenated alkanes) is 2. The van der Waals surface area contributed by atoms with E-state index < -0.39 is 15.8 Å². The Labute approximate surface area is 167 Å². The number of carboxylic acid groups (broad SMARTS) is 1. The topological polar surface area (TPSA) is 87.8 Å². The first-order chi connectivity index (χ1) is 13.3. The van der Waals surface area contributed by atoms with Crippen molar-refractivity contribution in [3.63, 3.8) is 0 Å². The van der Waals surface area contributed by atoms with Gasteiger partial charge < -0.3 is 14.4 Å². The highest BCUT2D eigenvalue weighted by atomic mass is 32.2. The predicted molar refractivity (Wildman–Crippen MR) is 110 cm³/mol. The van der Waals surface area contributed by atoms with Gasteiger partial charge in [-0.2, -0.15) is 0 Å². The third kappa shape index (κ3) is 5.61. The summed E-state index contributed by atoms with van der Waals surface area (Å²) in [6.45, 7) is 5.70. The van der Waals surface area contributed by atoms with Gasteiger partial charge in [0.25, 0.3) is 0 Å². The van der Waals surface area contributed by atoms with Crippen molar-refractivity contribution in [3.8, 4) is 0 Å². The molecule has 0 unspecified atom stereocenters. The number of carboxylic acids is 1. The number of hydrogen-bond acceptors (Lipinski definition) is 5. The lowest BCUT2D eigenvalue weighted by atomic mass is 10.0. The molecule has 0 aliphatic carbocycles. The van der Waals surface area contributed by atoms with Crippen LogP contribution in [0, 0.1) is 0 Å². The van der Waals surface area contributed by atoms with Crippen LogP contribution >= 0.6 is 0 Å². The number of rotatable bonds is 11. The van der Waals surface area contributed by atoms with Gasteiger partial charge in [-0.25, -0.2) is 13.2 Å². The van der Waals surface area contributed by atoms with Crippen molar-refractivity contribution < 1.29 is 22.7 Å². The SMILES string of the molecule is CCCCN(CCCC)c1cc(C(=O)O)cc(S(C)(=O)=O)c1Cc1ccoc1. The molecule has 0 spiro atoms. The maximum absolute atomic E-state index is 12.5. The van der Waals surface area contributed by atoms with Crippen LogP contribution < -0.4 is 4.90 Å². The smallest absolute Gasteiger partial charge is 0.335 e. The predicted octanol–water partition coefficient (Wildman–Crippen LogP) is 4.38. The van der Waals surface area contributed by atoms with Crippen LogP contribution in [0.25, 0.3) is 0 Å². The number of hydrogen-bond donors (Lipinski definition) is 1. The Bertz CT molecular complexity index is 880. The number of anilines is 1. The molecule has 1 aromatic carbocycles. The second kappa shape index (κ2) is 9.78. The lowest BCUT2D eigenvalue weighted by Crippen LogP contribution is -2.28. The van der Waals surface area contributed by atoms with Crippen molar-refractivity contribution in [3.05, 3.63) is 47.4 Å². The van der Waals surface area contributed by atoms with Crippen LogP contribution in [0.5, 0.6) is 0 Å². The normalized spacial score (nSPS) is 11.5. The van der Waals surface area contributed by atoms with E-state index in [9.17, 15) is 18.3 Å². The van der Waals surface area contributed by atoms with E-state index in [1.54, 1.807) is 24.7 Å². The molecule has 0 radical (unpaired) electrons. The highest BCUT2D eigenvalue weighted by Gasteiger charge is 2.24. The molecule has 0 fully saturated rings. The van der Waals surface area contributed by atoms with Crippen LogP contribution in [0.2, 0.25) is 0 Å². The van der Waals surface area contributed by atoms with E-state index in [0.717, 1.165) is 50.6 Å². The zero-order valence-corrected chi connectivity index (χ0v) is 17.6. The Morgan fingerprint density at radius 2 is 1.79 bits per heavy atom. The Morgan fingerprint density at radius 1 is 1.14 bits per heavy atom. The van der Waals surface area contributed by atoms with E-state index in [0.29, 0.717) is 17.7 Å². The number of sulfone groups is 1. The van der Waals surface area contributed by atoms with Gasteiger partial charge in [-0.05, 0) is 42.2 Å². The zero-order valence-electron chi connectivity index (χ0n) is 16.8. The molecule has 0 aliphatic rings.